The lowest BCUT2D eigenvalue weighted by molar-refractivity contribution is 0.498. The van der Waals surface area contributed by atoms with Gasteiger partial charge in [-0.05, 0) is 41.4 Å². The molecule has 0 atom stereocenters. The maximum absolute atomic E-state index is 13.6. The predicted octanol–water partition coefficient (Wildman–Crippen LogP) is 3.33. The molecule has 0 aliphatic rings. The fourth-order valence-corrected chi connectivity index (χ4v) is 5.59. The topological polar surface area (TPSA) is 108 Å². The fourth-order valence-electron chi connectivity index (χ4n) is 4.82. The molecule has 5 aromatic rings. The molecule has 196 valence electrons. The number of nitrogens with one attached hydrogen (secondary N) is 1. The van der Waals surface area contributed by atoms with Crippen molar-refractivity contribution in [3.05, 3.63) is 93.1 Å². The van der Waals surface area contributed by atoms with Crippen molar-refractivity contribution in [2.24, 2.45) is 13.0 Å². The van der Waals surface area contributed by atoms with E-state index >= 15 is 0 Å². The van der Waals surface area contributed by atoms with E-state index in [-0.39, 0.29) is 21.8 Å². The van der Waals surface area contributed by atoms with E-state index in [1.54, 1.807) is 16.8 Å². The van der Waals surface area contributed by atoms with Gasteiger partial charge in [-0.15, -0.1) is 0 Å². The first kappa shape index (κ1) is 25.6. The minimum atomic E-state index is -3.73. The van der Waals surface area contributed by atoms with Crippen LogP contribution in [0.3, 0.4) is 0 Å². The van der Waals surface area contributed by atoms with Gasteiger partial charge in [-0.1, -0.05) is 68.4 Å². The number of fused-ring (bicyclic) bond motifs is 2. The largest absolute Gasteiger partial charge is 0.332 e. The van der Waals surface area contributed by atoms with Crippen LogP contribution in [-0.2, 0) is 30.2 Å². The summed E-state index contributed by atoms with van der Waals surface area (Å²) in [5, 5.41) is 7.20. The van der Waals surface area contributed by atoms with Crippen LogP contribution in [0.25, 0.3) is 33.1 Å². The minimum absolute atomic E-state index is 0.0656. The van der Waals surface area contributed by atoms with Crippen LogP contribution in [0.15, 0.2) is 81.2 Å². The Morgan fingerprint density at radius 3 is 2.42 bits per heavy atom. The van der Waals surface area contributed by atoms with Crippen LogP contribution in [0.1, 0.15) is 19.4 Å². The molecule has 3 aromatic carbocycles. The molecule has 0 aliphatic heterocycles. The van der Waals surface area contributed by atoms with Crippen LogP contribution >= 0.6 is 0 Å². The zero-order valence-corrected chi connectivity index (χ0v) is 22.5. The number of hydrogen-bond acceptors (Lipinski definition) is 5. The van der Waals surface area contributed by atoms with Crippen molar-refractivity contribution in [2.75, 3.05) is 7.05 Å². The summed E-state index contributed by atoms with van der Waals surface area (Å²) < 4.78 is 31.9. The van der Waals surface area contributed by atoms with Crippen LogP contribution in [0.4, 0.5) is 0 Å². The summed E-state index contributed by atoms with van der Waals surface area (Å²) in [5.74, 6) is 0.129. The molecule has 2 heterocycles. The predicted molar refractivity (Wildman–Crippen MR) is 149 cm³/mol. The van der Waals surface area contributed by atoms with E-state index in [2.05, 4.69) is 4.72 Å². The first-order valence-electron chi connectivity index (χ1n) is 12.3. The molecule has 0 bridgehead atoms. The number of benzene rings is 3. The molecule has 0 saturated carbocycles. The third-order valence-electron chi connectivity index (χ3n) is 6.66. The number of rotatable bonds is 7. The van der Waals surface area contributed by atoms with Gasteiger partial charge in [0.1, 0.15) is 5.39 Å². The van der Waals surface area contributed by atoms with Gasteiger partial charge in [-0.2, -0.15) is 5.10 Å². The van der Waals surface area contributed by atoms with Crippen molar-refractivity contribution < 1.29 is 8.42 Å². The lowest BCUT2D eigenvalue weighted by Crippen LogP contribution is -2.38. The Labute approximate surface area is 220 Å². The maximum atomic E-state index is 13.6. The van der Waals surface area contributed by atoms with Crippen LogP contribution in [0.2, 0.25) is 0 Å². The van der Waals surface area contributed by atoms with Crippen molar-refractivity contribution in [3.8, 4) is 11.3 Å². The second-order valence-corrected chi connectivity index (χ2v) is 11.6. The highest BCUT2D eigenvalue weighted by Crippen LogP contribution is 2.30. The van der Waals surface area contributed by atoms with Gasteiger partial charge in [0.15, 0.2) is 5.65 Å². The van der Waals surface area contributed by atoms with Gasteiger partial charge in [0, 0.05) is 19.2 Å². The fraction of sp³-hybridized carbons (Fsp3) is 0.250. The van der Waals surface area contributed by atoms with Gasteiger partial charge in [0.05, 0.1) is 17.1 Å². The summed E-state index contributed by atoms with van der Waals surface area (Å²) in [4.78, 5) is 26.8. The Morgan fingerprint density at radius 2 is 1.68 bits per heavy atom. The van der Waals surface area contributed by atoms with Gasteiger partial charge >= 0.3 is 5.69 Å². The molecule has 0 radical (unpaired) electrons. The van der Waals surface area contributed by atoms with E-state index < -0.39 is 21.3 Å². The summed E-state index contributed by atoms with van der Waals surface area (Å²) in [6.07, 6.45) is 0. The molecule has 0 amide bonds. The molecule has 0 saturated heterocycles. The van der Waals surface area contributed by atoms with E-state index in [1.165, 1.54) is 30.8 Å². The third-order valence-corrected chi connectivity index (χ3v) is 8.07. The van der Waals surface area contributed by atoms with Gasteiger partial charge in [-0.25, -0.2) is 17.9 Å². The first-order valence-corrected chi connectivity index (χ1v) is 13.8. The monoisotopic (exact) mass is 531 g/mol. The van der Waals surface area contributed by atoms with Gasteiger partial charge in [0.25, 0.3) is 5.56 Å². The Bertz CT molecular complexity index is 1910. The SMILES string of the molecule is CNS(=O)(=O)c1cccc(-c2c3c(=O)n(C)c(=O)n(CC(C)C)c3nn2Cc2cccc3ccccc23)c1. The van der Waals surface area contributed by atoms with Gasteiger partial charge in [0.2, 0.25) is 10.0 Å². The lowest BCUT2D eigenvalue weighted by Gasteiger charge is -2.12. The van der Waals surface area contributed by atoms with Crippen LogP contribution < -0.4 is 16.0 Å². The zero-order chi connectivity index (χ0) is 27.2. The van der Waals surface area contributed by atoms with Crippen molar-refractivity contribution in [3.63, 3.8) is 0 Å². The third kappa shape index (κ3) is 4.35. The van der Waals surface area contributed by atoms with Crippen LogP contribution in [-0.4, -0.2) is 34.4 Å². The van der Waals surface area contributed by atoms with E-state index in [4.69, 9.17) is 5.10 Å². The summed E-state index contributed by atoms with van der Waals surface area (Å²) in [6, 6.07) is 20.4. The van der Waals surface area contributed by atoms with Crippen LogP contribution in [0.5, 0.6) is 0 Å². The molecule has 38 heavy (non-hydrogen) atoms. The second kappa shape index (κ2) is 9.70. The Morgan fingerprint density at radius 1 is 0.974 bits per heavy atom. The molecule has 0 aliphatic carbocycles. The number of nitrogens with zero attached hydrogens (tertiary/aromatic N) is 4. The highest BCUT2D eigenvalue weighted by Gasteiger charge is 2.24. The van der Waals surface area contributed by atoms with Gasteiger partial charge < -0.3 is 0 Å². The quantitative estimate of drug-likeness (QED) is 0.347. The summed E-state index contributed by atoms with van der Waals surface area (Å²) in [6.45, 7) is 4.67. The summed E-state index contributed by atoms with van der Waals surface area (Å²) in [5.41, 5.74) is 1.31. The maximum Gasteiger partial charge on any atom is 0.332 e. The standard InChI is InChI=1S/C28H29N5O4S/c1-18(2)16-32-26-24(27(34)31(4)28(32)35)25(20-11-8-13-22(15-20)38(36,37)29-3)33(30-26)17-21-12-7-10-19-9-5-6-14-23(19)21/h5-15,18,29H,16-17H2,1-4H3. The highest BCUT2D eigenvalue weighted by atomic mass is 32.2. The normalized spacial score (nSPS) is 12.1. The summed E-state index contributed by atoms with van der Waals surface area (Å²) in [7, 11) is -0.930. The molecule has 2 aromatic heterocycles. The zero-order valence-electron chi connectivity index (χ0n) is 21.7. The molecule has 10 heteroatoms. The Balaban J connectivity index is 1.86. The Hall–Kier alpha value is -4.02. The molecule has 0 spiro atoms. The molecule has 5 rings (SSSR count). The molecular formula is C28H29N5O4S. The van der Waals surface area contributed by atoms with E-state index in [1.807, 2.05) is 56.3 Å². The first-order chi connectivity index (χ1) is 18.1. The van der Waals surface area contributed by atoms with Crippen molar-refractivity contribution in [1.29, 1.82) is 0 Å². The highest BCUT2D eigenvalue weighted by molar-refractivity contribution is 7.89. The van der Waals surface area contributed by atoms with E-state index in [0.29, 0.717) is 24.3 Å². The van der Waals surface area contributed by atoms with Gasteiger partial charge in [-0.3, -0.25) is 18.6 Å². The van der Waals surface area contributed by atoms with Crippen molar-refractivity contribution in [1.82, 2.24) is 23.6 Å². The van der Waals surface area contributed by atoms with Crippen molar-refractivity contribution >= 4 is 31.8 Å². The lowest BCUT2D eigenvalue weighted by atomic mass is 10.0. The smallest absolute Gasteiger partial charge is 0.276 e. The number of hydrogen-bond donors (Lipinski definition) is 1. The molecule has 9 nitrogen and oxygen atoms in total. The number of sulfonamides is 1. The van der Waals surface area contributed by atoms with Crippen LogP contribution in [0, 0.1) is 5.92 Å². The van der Waals surface area contributed by atoms with Crippen molar-refractivity contribution in [2.45, 2.75) is 31.8 Å². The van der Waals surface area contributed by atoms with E-state index in [9.17, 15) is 18.0 Å². The molecule has 1 N–H and O–H groups in total. The van der Waals surface area contributed by atoms with E-state index in [0.717, 1.165) is 20.9 Å². The summed E-state index contributed by atoms with van der Waals surface area (Å²) >= 11 is 0. The average molecular weight is 532 g/mol. The molecule has 0 unspecified atom stereocenters. The Kier molecular flexibility index (Phi) is 6.54. The number of aromatic nitrogens is 4. The second-order valence-electron chi connectivity index (χ2n) is 9.73. The molecular weight excluding hydrogens is 502 g/mol. The average Bonchev–Trinajstić information content (AvgIpc) is 3.29. The minimum Gasteiger partial charge on any atom is -0.276 e. The molecule has 0 fully saturated rings.